The predicted octanol–water partition coefficient (Wildman–Crippen LogP) is 11.9. The normalized spacial score (nSPS) is 11.7. The van der Waals surface area contributed by atoms with E-state index in [1.807, 2.05) is 18.2 Å². The third-order valence-electron chi connectivity index (χ3n) is 9.10. The Morgan fingerprint density at radius 1 is 0.468 bits per heavy atom. The van der Waals surface area contributed by atoms with Gasteiger partial charge in [-0.05, 0) is 87.8 Å². The number of aromatic nitrogens is 1. The van der Waals surface area contributed by atoms with Crippen LogP contribution in [0.25, 0.3) is 55.9 Å². The Morgan fingerprint density at radius 3 is 1.79 bits per heavy atom. The van der Waals surface area contributed by atoms with Gasteiger partial charge >= 0.3 is 0 Å². The molecule has 1 aliphatic rings. The fourth-order valence-electron chi connectivity index (χ4n) is 6.88. The molecule has 0 N–H and O–H groups in total. The van der Waals surface area contributed by atoms with Crippen molar-refractivity contribution in [3.05, 3.63) is 181 Å². The van der Waals surface area contributed by atoms with Crippen molar-refractivity contribution in [2.75, 3.05) is 4.90 Å². The van der Waals surface area contributed by atoms with E-state index in [1.165, 1.54) is 38.9 Å². The number of hydrogen-bond acceptors (Lipinski definition) is 3. The van der Waals surface area contributed by atoms with Crippen molar-refractivity contribution in [1.82, 2.24) is 4.98 Å². The van der Waals surface area contributed by atoms with Gasteiger partial charge in [0.2, 0.25) is 5.89 Å². The Bertz CT molecular complexity index is 2360. The Balaban J connectivity index is 1.26. The SMILES string of the molecule is c1ccc(-c2ccc(-c3cccc(N(c4ccccc4)c4c5c(cc6oc(-c7ccccc7)nc46)Cc4ccccc4-5)c3)cc2)cc1. The van der Waals surface area contributed by atoms with Crippen LogP contribution in [0.1, 0.15) is 11.1 Å². The average molecular weight is 603 g/mol. The molecule has 1 aromatic heterocycles. The van der Waals surface area contributed by atoms with E-state index >= 15 is 0 Å². The van der Waals surface area contributed by atoms with Gasteiger partial charge in [0.1, 0.15) is 5.52 Å². The Hall–Kier alpha value is -6.19. The van der Waals surface area contributed by atoms with Crippen LogP contribution in [0, 0.1) is 0 Å². The predicted molar refractivity (Wildman–Crippen MR) is 193 cm³/mol. The molecular formula is C44H30N2O. The van der Waals surface area contributed by atoms with E-state index in [9.17, 15) is 0 Å². The maximum absolute atomic E-state index is 6.54. The van der Waals surface area contributed by atoms with Crippen LogP contribution in [0.15, 0.2) is 174 Å². The molecule has 9 rings (SSSR count). The van der Waals surface area contributed by atoms with E-state index in [1.54, 1.807) is 0 Å². The van der Waals surface area contributed by atoms with E-state index in [0.29, 0.717) is 5.89 Å². The highest BCUT2D eigenvalue weighted by Gasteiger charge is 2.30. The number of hydrogen-bond donors (Lipinski definition) is 0. The van der Waals surface area contributed by atoms with Crippen LogP contribution in [0.3, 0.4) is 0 Å². The van der Waals surface area contributed by atoms with Gasteiger partial charge in [-0.25, -0.2) is 4.98 Å². The first kappa shape index (κ1) is 27.1. The molecule has 0 amide bonds. The van der Waals surface area contributed by atoms with Crippen molar-refractivity contribution in [3.8, 4) is 44.8 Å². The largest absolute Gasteiger partial charge is 0.436 e. The van der Waals surface area contributed by atoms with E-state index in [2.05, 4.69) is 157 Å². The summed E-state index contributed by atoms with van der Waals surface area (Å²) in [4.78, 5) is 7.58. The van der Waals surface area contributed by atoms with Crippen LogP contribution >= 0.6 is 0 Å². The Morgan fingerprint density at radius 2 is 1.04 bits per heavy atom. The summed E-state index contributed by atoms with van der Waals surface area (Å²) in [5, 5.41) is 0. The number of nitrogens with zero attached hydrogens (tertiary/aromatic N) is 2. The molecule has 1 heterocycles. The quantitative estimate of drug-likeness (QED) is 0.190. The molecule has 0 aliphatic heterocycles. The number of anilines is 3. The molecule has 0 spiro atoms. The fourth-order valence-corrected chi connectivity index (χ4v) is 6.88. The van der Waals surface area contributed by atoms with Gasteiger partial charge in [0.15, 0.2) is 5.58 Å². The molecule has 3 heteroatoms. The summed E-state index contributed by atoms with van der Waals surface area (Å²) < 4.78 is 6.54. The lowest BCUT2D eigenvalue weighted by Gasteiger charge is -2.28. The average Bonchev–Trinajstić information content (AvgIpc) is 3.74. The molecule has 0 unspecified atom stereocenters. The minimum absolute atomic E-state index is 0.624. The first-order valence-corrected chi connectivity index (χ1v) is 16.0. The van der Waals surface area contributed by atoms with Gasteiger partial charge in [0.05, 0.1) is 5.69 Å². The molecule has 47 heavy (non-hydrogen) atoms. The highest BCUT2D eigenvalue weighted by atomic mass is 16.3. The molecule has 0 saturated heterocycles. The summed E-state index contributed by atoms with van der Waals surface area (Å²) in [6.07, 6.45) is 0.853. The Kier molecular flexibility index (Phi) is 6.53. The lowest BCUT2D eigenvalue weighted by molar-refractivity contribution is 0.619. The van der Waals surface area contributed by atoms with Crippen molar-refractivity contribution >= 4 is 28.2 Å². The Labute approximate surface area is 274 Å². The van der Waals surface area contributed by atoms with Crippen LogP contribution in [0.5, 0.6) is 0 Å². The molecule has 0 bridgehead atoms. The highest BCUT2D eigenvalue weighted by Crippen LogP contribution is 2.51. The molecule has 8 aromatic rings. The summed E-state index contributed by atoms with van der Waals surface area (Å²) >= 11 is 0. The van der Waals surface area contributed by atoms with Gasteiger partial charge in [0.25, 0.3) is 0 Å². The third kappa shape index (κ3) is 4.81. The third-order valence-corrected chi connectivity index (χ3v) is 9.10. The van der Waals surface area contributed by atoms with Gasteiger partial charge < -0.3 is 9.32 Å². The second kappa shape index (κ2) is 11.3. The zero-order valence-electron chi connectivity index (χ0n) is 25.7. The smallest absolute Gasteiger partial charge is 0.227 e. The molecule has 0 fully saturated rings. The second-order valence-electron chi connectivity index (χ2n) is 12.0. The molecule has 0 atom stereocenters. The number of rotatable bonds is 6. The second-order valence-corrected chi connectivity index (χ2v) is 12.0. The van der Waals surface area contributed by atoms with Crippen LogP contribution < -0.4 is 4.90 Å². The standard InChI is InChI=1S/C44H30N2O/c1-4-13-30(14-5-1)31-23-25-32(26-24-31)34-18-12-21-38(28-34)46(37-19-8-3-9-20-37)43-41-36(27-35-17-10-11-22-39(35)41)29-40-42(43)45-44(47-40)33-15-6-2-7-16-33/h1-26,28-29H,27H2. The van der Waals surface area contributed by atoms with Gasteiger partial charge in [-0.2, -0.15) is 0 Å². The van der Waals surface area contributed by atoms with Crippen molar-refractivity contribution in [2.24, 2.45) is 0 Å². The molecule has 0 saturated carbocycles. The van der Waals surface area contributed by atoms with Crippen LogP contribution in [-0.4, -0.2) is 4.98 Å². The number of fused-ring (bicyclic) bond motifs is 4. The topological polar surface area (TPSA) is 29.3 Å². The van der Waals surface area contributed by atoms with Crippen molar-refractivity contribution in [1.29, 1.82) is 0 Å². The van der Waals surface area contributed by atoms with Gasteiger partial charge in [-0.3, -0.25) is 0 Å². The molecule has 0 radical (unpaired) electrons. The summed E-state index contributed by atoms with van der Waals surface area (Å²) in [7, 11) is 0. The number of oxazole rings is 1. The maximum atomic E-state index is 6.54. The van der Waals surface area contributed by atoms with E-state index in [4.69, 9.17) is 9.40 Å². The molecule has 7 aromatic carbocycles. The summed E-state index contributed by atoms with van der Waals surface area (Å²) in [5.41, 5.74) is 15.5. The molecule has 1 aliphatic carbocycles. The number of benzene rings is 7. The first-order valence-electron chi connectivity index (χ1n) is 16.0. The van der Waals surface area contributed by atoms with Crippen molar-refractivity contribution in [2.45, 2.75) is 6.42 Å². The van der Waals surface area contributed by atoms with Gasteiger partial charge in [-0.1, -0.05) is 127 Å². The van der Waals surface area contributed by atoms with E-state index in [-0.39, 0.29) is 0 Å². The molecular weight excluding hydrogens is 572 g/mol. The van der Waals surface area contributed by atoms with Crippen LogP contribution in [0.4, 0.5) is 17.1 Å². The number of para-hydroxylation sites is 1. The lowest BCUT2D eigenvalue weighted by Crippen LogP contribution is -2.12. The monoisotopic (exact) mass is 602 g/mol. The summed E-state index contributed by atoms with van der Waals surface area (Å²) in [5.74, 6) is 0.624. The van der Waals surface area contributed by atoms with Crippen molar-refractivity contribution < 1.29 is 4.42 Å². The summed E-state index contributed by atoms with van der Waals surface area (Å²) in [6, 6.07) is 59.9. The molecule has 222 valence electrons. The highest BCUT2D eigenvalue weighted by molar-refractivity contribution is 6.06. The van der Waals surface area contributed by atoms with E-state index in [0.717, 1.165) is 45.7 Å². The lowest BCUT2D eigenvalue weighted by atomic mass is 9.98. The van der Waals surface area contributed by atoms with E-state index < -0.39 is 0 Å². The summed E-state index contributed by atoms with van der Waals surface area (Å²) in [6.45, 7) is 0. The zero-order chi connectivity index (χ0) is 31.2. The van der Waals surface area contributed by atoms with Crippen LogP contribution in [0.2, 0.25) is 0 Å². The van der Waals surface area contributed by atoms with Gasteiger partial charge in [0, 0.05) is 22.5 Å². The zero-order valence-corrected chi connectivity index (χ0v) is 25.7. The molecule has 3 nitrogen and oxygen atoms in total. The van der Waals surface area contributed by atoms with Gasteiger partial charge in [-0.15, -0.1) is 0 Å². The van der Waals surface area contributed by atoms with Crippen molar-refractivity contribution in [3.63, 3.8) is 0 Å². The fraction of sp³-hybridized carbons (Fsp3) is 0.0227. The minimum atomic E-state index is 0.624. The van der Waals surface area contributed by atoms with Crippen LogP contribution in [-0.2, 0) is 6.42 Å². The first-order chi connectivity index (χ1) is 23.3. The minimum Gasteiger partial charge on any atom is -0.436 e. The maximum Gasteiger partial charge on any atom is 0.227 e.